The Morgan fingerprint density at radius 2 is 2.30 bits per heavy atom. The van der Waals surface area contributed by atoms with Crippen LogP contribution in [0.2, 0.25) is 0 Å². The number of thiazole rings is 1. The Hall–Kier alpha value is -2.21. The molecule has 0 spiro atoms. The van der Waals surface area contributed by atoms with E-state index in [1.165, 1.54) is 0 Å². The van der Waals surface area contributed by atoms with Gasteiger partial charge < -0.3 is 9.67 Å². The maximum Gasteiger partial charge on any atom is 0.337 e. The second-order valence-electron chi connectivity index (χ2n) is 4.52. The zero-order valence-corrected chi connectivity index (χ0v) is 11.7. The summed E-state index contributed by atoms with van der Waals surface area (Å²) in [5, 5.41) is 12.3. The first-order chi connectivity index (χ1) is 9.65. The molecule has 6 heteroatoms. The quantitative estimate of drug-likeness (QED) is 0.801. The number of aromatic carboxylic acids is 1. The van der Waals surface area contributed by atoms with Gasteiger partial charge in [0.2, 0.25) is 0 Å². The van der Waals surface area contributed by atoms with Crippen molar-refractivity contribution in [2.45, 2.75) is 19.9 Å². The Kier molecular flexibility index (Phi) is 3.23. The predicted molar refractivity (Wildman–Crippen MR) is 77.2 cm³/mol. The summed E-state index contributed by atoms with van der Waals surface area (Å²) in [5.41, 5.74) is 2.70. The molecule has 1 aromatic carbocycles. The molecule has 0 amide bonds. The van der Waals surface area contributed by atoms with Crippen molar-refractivity contribution in [2.24, 2.45) is 0 Å². The van der Waals surface area contributed by atoms with Crippen LogP contribution in [0.3, 0.4) is 0 Å². The monoisotopic (exact) mass is 287 g/mol. The van der Waals surface area contributed by atoms with Gasteiger partial charge in [0.15, 0.2) is 0 Å². The molecule has 0 saturated carbocycles. The molecule has 1 N–H and O–H groups in total. The molecular weight excluding hydrogens is 274 g/mol. The molecular formula is C14H13N3O2S. The summed E-state index contributed by atoms with van der Waals surface area (Å²) < 4.78 is 1.88. The minimum Gasteiger partial charge on any atom is -0.478 e. The number of aryl methyl sites for hydroxylation is 3. The van der Waals surface area contributed by atoms with Gasteiger partial charge in [-0.3, -0.25) is 0 Å². The van der Waals surface area contributed by atoms with Crippen LogP contribution in [0, 0.1) is 6.92 Å². The van der Waals surface area contributed by atoms with Gasteiger partial charge in [0.1, 0.15) is 0 Å². The van der Waals surface area contributed by atoms with Gasteiger partial charge in [-0.05, 0) is 19.1 Å². The smallest absolute Gasteiger partial charge is 0.337 e. The number of imidazole rings is 1. The van der Waals surface area contributed by atoms with Gasteiger partial charge in [0, 0.05) is 18.3 Å². The molecule has 0 aliphatic rings. The summed E-state index contributed by atoms with van der Waals surface area (Å²) in [6, 6.07) is 5.15. The number of para-hydroxylation sites is 1. The Balaban J connectivity index is 1.93. The number of rotatable bonds is 4. The van der Waals surface area contributed by atoms with Crippen LogP contribution >= 0.6 is 11.3 Å². The van der Waals surface area contributed by atoms with Crippen molar-refractivity contribution in [1.82, 2.24) is 14.5 Å². The third-order valence-electron chi connectivity index (χ3n) is 3.14. The number of hydrogen-bond acceptors (Lipinski definition) is 4. The van der Waals surface area contributed by atoms with Gasteiger partial charge in [-0.1, -0.05) is 6.07 Å². The van der Waals surface area contributed by atoms with Crippen LogP contribution in [0.4, 0.5) is 0 Å². The molecule has 0 aliphatic heterocycles. The normalized spacial score (nSPS) is 11.1. The van der Waals surface area contributed by atoms with Gasteiger partial charge in [0.05, 0.1) is 33.6 Å². The number of nitrogens with zero attached hydrogens (tertiary/aromatic N) is 3. The highest BCUT2D eigenvalue weighted by molar-refractivity contribution is 7.09. The maximum atomic E-state index is 11.3. The highest BCUT2D eigenvalue weighted by Crippen LogP contribution is 2.19. The molecule has 2 heterocycles. The molecule has 0 saturated heterocycles. The molecule has 0 unspecified atom stereocenters. The second kappa shape index (κ2) is 5.05. The first kappa shape index (κ1) is 12.8. The lowest BCUT2D eigenvalue weighted by atomic mass is 10.2. The van der Waals surface area contributed by atoms with Gasteiger partial charge in [-0.15, -0.1) is 11.3 Å². The van der Waals surface area contributed by atoms with Crippen molar-refractivity contribution >= 4 is 28.3 Å². The van der Waals surface area contributed by atoms with Crippen LogP contribution < -0.4 is 0 Å². The highest BCUT2D eigenvalue weighted by Gasteiger charge is 2.13. The van der Waals surface area contributed by atoms with Gasteiger partial charge in [0.25, 0.3) is 0 Å². The first-order valence-electron chi connectivity index (χ1n) is 6.23. The van der Waals surface area contributed by atoms with Crippen LogP contribution in [0.15, 0.2) is 29.9 Å². The van der Waals surface area contributed by atoms with Crippen LogP contribution in [-0.2, 0) is 13.0 Å². The van der Waals surface area contributed by atoms with E-state index in [4.69, 9.17) is 0 Å². The van der Waals surface area contributed by atoms with Crippen LogP contribution in [-0.4, -0.2) is 25.6 Å². The van der Waals surface area contributed by atoms with Crippen LogP contribution in [0.25, 0.3) is 11.0 Å². The van der Waals surface area contributed by atoms with Crippen molar-refractivity contribution in [3.05, 3.63) is 46.2 Å². The van der Waals surface area contributed by atoms with E-state index in [0.717, 1.165) is 17.1 Å². The summed E-state index contributed by atoms with van der Waals surface area (Å²) >= 11 is 1.62. The summed E-state index contributed by atoms with van der Waals surface area (Å²) in [4.78, 5) is 20.0. The molecule has 5 nitrogen and oxygen atoms in total. The lowest BCUT2D eigenvalue weighted by Gasteiger charge is -2.05. The molecule has 0 radical (unpaired) electrons. The summed E-state index contributed by atoms with van der Waals surface area (Å²) in [6.45, 7) is 2.65. The van der Waals surface area contributed by atoms with Crippen molar-refractivity contribution in [3.63, 3.8) is 0 Å². The molecule has 3 rings (SSSR count). The number of fused-ring (bicyclic) bond motifs is 1. The van der Waals surface area contributed by atoms with Crippen LogP contribution in [0.1, 0.15) is 21.1 Å². The zero-order chi connectivity index (χ0) is 14.1. The first-order valence-corrected chi connectivity index (χ1v) is 7.11. The molecule has 0 bridgehead atoms. The van der Waals surface area contributed by atoms with E-state index in [-0.39, 0.29) is 5.56 Å². The van der Waals surface area contributed by atoms with Crippen molar-refractivity contribution < 1.29 is 9.90 Å². The Bertz CT molecular complexity index is 776. The average Bonchev–Trinajstić information content (AvgIpc) is 3.02. The van der Waals surface area contributed by atoms with Gasteiger partial charge >= 0.3 is 5.97 Å². The maximum absolute atomic E-state index is 11.3. The fourth-order valence-electron chi connectivity index (χ4n) is 2.23. The van der Waals surface area contributed by atoms with E-state index in [2.05, 4.69) is 9.97 Å². The molecule has 20 heavy (non-hydrogen) atoms. The van der Waals surface area contributed by atoms with E-state index in [0.29, 0.717) is 17.6 Å². The van der Waals surface area contributed by atoms with E-state index >= 15 is 0 Å². The molecule has 3 aromatic rings. The van der Waals surface area contributed by atoms with Crippen molar-refractivity contribution in [1.29, 1.82) is 0 Å². The number of hydrogen-bond donors (Lipinski definition) is 1. The van der Waals surface area contributed by atoms with Crippen LogP contribution in [0.5, 0.6) is 0 Å². The third kappa shape index (κ3) is 2.30. The van der Waals surface area contributed by atoms with E-state index in [1.54, 1.807) is 29.8 Å². The summed E-state index contributed by atoms with van der Waals surface area (Å²) in [5.74, 6) is -0.929. The summed E-state index contributed by atoms with van der Waals surface area (Å²) in [7, 11) is 0. The second-order valence-corrected chi connectivity index (χ2v) is 5.59. The minimum absolute atomic E-state index is 0.287. The largest absolute Gasteiger partial charge is 0.478 e. The third-order valence-corrected chi connectivity index (χ3v) is 3.97. The fraction of sp³-hybridized carbons (Fsp3) is 0.214. The van der Waals surface area contributed by atoms with Gasteiger partial charge in [-0.2, -0.15) is 0 Å². The molecule has 0 atom stereocenters. The Morgan fingerprint density at radius 1 is 1.45 bits per heavy atom. The Labute approximate surface area is 119 Å². The number of carboxylic acids is 1. The number of carbonyl (C=O) groups is 1. The molecule has 102 valence electrons. The topological polar surface area (TPSA) is 68.0 Å². The zero-order valence-electron chi connectivity index (χ0n) is 10.9. The van der Waals surface area contributed by atoms with Gasteiger partial charge in [-0.25, -0.2) is 14.8 Å². The highest BCUT2D eigenvalue weighted by atomic mass is 32.1. The van der Waals surface area contributed by atoms with E-state index in [1.807, 2.05) is 22.9 Å². The van der Waals surface area contributed by atoms with Crippen molar-refractivity contribution in [3.8, 4) is 0 Å². The standard InChI is InChI=1S/C14H13N3O2S/c1-9-16-10(7-20-9)5-6-17-8-15-12-4-2-3-11(13(12)17)14(18)19/h2-4,7-8H,5-6H2,1H3,(H,18,19). The average molecular weight is 287 g/mol. The predicted octanol–water partition coefficient (Wildman–Crippen LogP) is 2.74. The molecule has 0 aliphatic carbocycles. The molecule has 0 fully saturated rings. The Morgan fingerprint density at radius 3 is 3.00 bits per heavy atom. The van der Waals surface area contributed by atoms with Crippen molar-refractivity contribution in [2.75, 3.05) is 0 Å². The number of aromatic nitrogens is 3. The fourth-order valence-corrected chi connectivity index (χ4v) is 2.87. The number of benzene rings is 1. The SMILES string of the molecule is Cc1nc(CCn2cnc3cccc(C(=O)O)c32)cs1. The lowest BCUT2D eigenvalue weighted by molar-refractivity contribution is 0.0698. The minimum atomic E-state index is -0.929. The molecule has 2 aromatic heterocycles. The van der Waals surface area contributed by atoms with E-state index in [9.17, 15) is 9.90 Å². The summed E-state index contributed by atoms with van der Waals surface area (Å²) in [6.07, 6.45) is 2.46. The lowest BCUT2D eigenvalue weighted by Crippen LogP contribution is -2.05. The number of carboxylic acid groups (broad SMARTS) is 1. The van der Waals surface area contributed by atoms with E-state index < -0.39 is 5.97 Å².